The lowest BCUT2D eigenvalue weighted by atomic mass is 9.99. The molecule has 0 spiro atoms. The van der Waals surface area contributed by atoms with Gasteiger partial charge in [-0.25, -0.2) is 0 Å². The van der Waals surface area contributed by atoms with E-state index in [-0.39, 0.29) is 5.91 Å². The van der Waals surface area contributed by atoms with Crippen LogP contribution in [0.25, 0.3) is 0 Å². The van der Waals surface area contributed by atoms with Gasteiger partial charge in [-0.2, -0.15) is 0 Å². The molecule has 1 fully saturated rings. The molecule has 5 heteroatoms. The van der Waals surface area contributed by atoms with Crippen molar-refractivity contribution in [2.24, 2.45) is 5.73 Å². The molecule has 3 rings (SSSR count). The van der Waals surface area contributed by atoms with Gasteiger partial charge >= 0.3 is 0 Å². The fourth-order valence-corrected chi connectivity index (χ4v) is 4.12. The molecule has 0 bridgehead atoms. The van der Waals surface area contributed by atoms with Gasteiger partial charge in [0, 0.05) is 36.6 Å². The Morgan fingerprint density at radius 3 is 3.15 bits per heavy atom. The van der Waals surface area contributed by atoms with E-state index in [0.29, 0.717) is 18.6 Å². The average molecular weight is 293 g/mol. The number of nitrogens with two attached hydrogens (primary N) is 1. The Kier molecular flexibility index (Phi) is 4.10. The second-order valence-electron chi connectivity index (χ2n) is 6.04. The van der Waals surface area contributed by atoms with E-state index in [9.17, 15) is 4.79 Å². The first kappa shape index (κ1) is 14.0. The van der Waals surface area contributed by atoms with Crippen LogP contribution in [0.1, 0.15) is 30.2 Å². The zero-order valence-corrected chi connectivity index (χ0v) is 12.9. The highest BCUT2D eigenvalue weighted by Gasteiger charge is 2.28. The van der Waals surface area contributed by atoms with Crippen LogP contribution in [0.2, 0.25) is 0 Å². The second-order valence-corrected chi connectivity index (χ2v) is 7.04. The number of rotatable bonds is 2. The zero-order valence-electron chi connectivity index (χ0n) is 12.0. The van der Waals surface area contributed by atoms with Gasteiger partial charge in [0.25, 0.3) is 0 Å². The monoisotopic (exact) mass is 293 g/mol. The van der Waals surface area contributed by atoms with Crippen LogP contribution in [-0.2, 0) is 17.8 Å². The maximum absolute atomic E-state index is 12.5. The van der Waals surface area contributed by atoms with E-state index in [4.69, 9.17) is 5.73 Å². The first-order chi connectivity index (χ1) is 9.63. The van der Waals surface area contributed by atoms with Crippen LogP contribution in [0.15, 0.2) is 11.4 Å². The molecule has 4 nitrogen and oxygen atoms in total. The van der Waals surface area contributed by atoms with Crippen molar-refractivity contribution in [1.82, 2.24) is 9.80 Å². The van der Waals surface area contributed by atoms with Gasteiger partial charge in [-0.1, -0.05) is 0 Å². The molecule has 2 atom stereocenters. The third-order valence-electron chi connectivity index (χ3n) is 4.55. The third-order valence-corrected chi connectivity index (χ3v) is 5.58. The molecule has 2 unspecified atom stereocenters. The van der Waals surface area contributed by atoms with E-state index in [0.717, 1.165) is 38.9 Å². The van der Waals surface area contributed by atoms with Crippen molar-refractivity contribution in [3.8, 4) is 0 Å². The number of likely N-dealkylation sites (tertiary alicyclic amines) is 1. The summed E-state index contributed by atoms with van der Waals surface area (Å²) in [4.78, 5) is 18.2. The van der Waals surface area contributed by atoms with Gasteiger partial charge in [-0.05, 0) is 43.2 Å². The molecule has 1 amide bonds. The Morgan fingerprint density at radius 1 is 1.50 bits per heavy atom. The maximum atomic E-state index is 12.5. The molecule has 2 N–H and O–H groups in total. The third kappa shape index (κ3) is 2.90. The summed E-state index contributed by atoms with van der Waals surface area (Å²) in [5.74, 6) is 0.268. The highest BCUT2D eigenvalue weighted by atomic mass is 32.1. The summed E-state index contributed by atoms with van der Waals surface area (Å²) in [6.45, 7) is 5.34. The van der Waals surface area contributed by atoms with Crippen LogP contribution in [-0.4, -0.2) is 47.4 Å². The lowest BCUT2D eigenvalue weighted by Crippen LogP contribution is -2.50. The Labute approximate surface area is 124 Å². The van der Waals surface area contributed by atoms with Crippen LogP contribution < -0.4 is 5.73 Å². The fourth-order valence-electron chi connectivity index (χ4n) is 3.23. The summed E-state index contributed by atoms with van der Waals surface area (Å²) >= 11 is 1.81. The first-order valence-electron chi connectivity index (χ1n) is 7.46. The minimum absolute atomic E-state index is 0.268. The minimum atomic E-state index is 0.268. The molecular weight excluding hydrogens is 270 g/mol. The predicted octanol–water partition coefficient (Wildman–Crippen LogP) is 1.44. The van der Waals surface area contributed by atoms with Crippen molar-refractivity contribution in [3.63, 3.8) is 0 Å². The standard InChI is InChI=1S/C15H23N3OS/c1-11-8-13(16)2-5-17(11)10-15(19)18-6-3-14-12(9-18)4-7-20-14/h4,7,11,13H,2-3,5-6,8-10,16H2,1H3. The number of piperidine rings is 1. The van der Waals surface area contributed by atoms with E-state index in [1.807, 2.05) is 16.2 Å². The number of fused-ring (bicyclic) bond motifs is 1. The van der Waals surface area contributed by atoms with Crippen LogP contribution in [0.4, 0.5) is 0 Å². The fraction of sp³-hybridized carbons (Fsp3) is 0.667. The second kappa shape index (κ2) is 5.84. The van der Waals surface area contributed by atoms with Crippen molar-refractivity contribution in [2.75, 3.05) is 19.6 Å². The summed E-state index contributed by atoms with van der Waals surface area (Å²) in [6.07, 6.45) is 3.02. The topological polar surface area (TPSA) is 49.6 Å². The number of nitrogens with zero attached hydrogens (tertiary/aromatic N) is 2. The number of amides is 1. The molecule has 0 aliphatic carbocycles. The Balaban J connectivity index is 1.57. The molecule has 3 heterocycles. The predicted molar refractivity (Wildman–Crippen MR) is 81.7 cm³/mol. The summed E-state index contributed by atoms with van der Waals surface area (Å²) in [6, 6.07) is 2.88. The number of carbonyl (C=O) groups excluding carboxylic acids is 1. The van der Waals surface area contributed by atoms with E-state index >= 15 is 0 Å². The lowest BCUT2D eigenvalue weighted by Gasteiger charge is -2.37. The molecule has 1 aromatic rings. The first-order valence-corrected chi connectivity index (χ1v) is 8.34. The SMILES string of the molecule is CC1CC(N)CCN1CC(=O)N1CCc2sccc2C1. The summed E-state index contributed by atoms with van der Waals surface area (Å²) in [5.41, 5.74) is 7.32. The van der Waals surface area contributed by atoms with E-state index in [2.05, 4.69) is 23.3 Å². The molecule has 0 radical (unpaired) electrons. The quantitative estimate of drug-likeness (QED) is 0.898. The van der Waals surface area contributed by atoms with Crippen molar-refractivity contribution < 1.29 is 4.79 Å². The number of thiophene rings is 1. The Hall–Kier alpha value is -0.910. The van der Waals surface area contributed by atoms with Gasteiger partial charge in [-0.3, -0.25) is 9.69 Å². The molecule has 0 saturated carbocycles. The summed E-state index contributed by atoms with van der Waals surface area (Å²) in [7, 11) is 0. The molecule has 110 valence electrons. The maximum Gasteiger partial charge on any atom is 0.237 e. The van der Waals surface area contributed by atoms with Crippen molar-refractivity contribution in [1.29, 1.82) is 0 Å². The average Bonchev–Trinajstić information content (AvgIpc) is 2.89. The zero-order chi connectivity index (χ0) is 14.1. The van der Waals surface area contributed by atoms with Gasteiger partial charge in [-0.15, -0.1) is 11.3 Å². The Morgan fingerprint density at radius 2 is 2.35 bits per heavy atom. The molecule has 1 aromatic heterocycles. The normalized spacial score (nSPS) is 27.4. The lowest BCUT2D eigenvalue weighted by molar-refractivity contribution is -0.134. The van der Waals surface area contributed by atoms with Gasteiger partial charge in [0.15, 0.2) is 0 Å². The Bertz CT molecular complexity index is 487. The largest absolute Gasteiger partial charge is 0.337 e. The number of hydrogen-bond acceptors (Lipinski definition) is 4. The highest BCUT2D eigenvalue weighted by Crippen LogP contribution is 2.24. The van der Waals surface area contributed by atoms with Crippen LogP contribution in [0, 0.1) is 0 Å². The summed E-state index contributed by atoms with van der Waals surface area (Å²) in [5, 5.41) is 2.13. The van der Waals surface area contributed by atoms with E-state index in [1.54, 1.807) is 0 Å². The molecular formula is C15H23N3OS. The van der Waals surface area contributed by atoms with Gasteiger partial charge < -0.3 is 10.6 Å². The molecule has 1 saturated heterocycles. The minimum Gasteiger partial charge on any atom is -0.337 e. The highest BCUT2D eigenvalue weighted by molar-refractivity contribution is 7.10. The number of carbonyl (C=O) groups is 1. The van der Waals surface area contributed by atoms with Crippen LogP contribution in [0.5, 0.6) is 0 Å². The van der Waals surface area contributed by atoms with Crippen LogP contribution >= 0.6 is 11.3 Å². The van der Waals surface area contributed by atoms with Gasteiger partial charge in [0.05, 0.1) is 6.54 Å². The van der Waals surface area contributed by atoms with E-state index in [1.165, 1.54) is 10.4 Å². The number of hydrogen-bond donors (Lipinski definition) is 1. The van der Waals surface area contributed by atoms with Crippen molar-refractivity contribution in [2.45, 2.75) is 44.8 Å². The van der Waals surface area contributed by atoms with Crippen molar-refractivity contribution >= 4 is 17.2 Å². The van der Waals surface area contributed by atoms with Crippen LogP contribution in [0.3, 0.4) is 0 Å². The molecule has 2 aliphatic heterocycles. The smallest absolute Gasteiger partial charge is 0.237 e. The molecule has 2 aliphatic rings. The van der Waals surface area contributed by atoms with Gasteiger partial charge in [0.2, 0.25) is 5.91 Å². The molecule has 0 aromatic carbocycles. The summed E-state index contributed by atoms with van der Waals surface area (Å²) < 4.78 is 0. The molecule has 20 heavy (non-hydrogen) atoms. The van der Waals surface area contributed by atoms with E-state index < -0.39 is 0 Å². The van der Waals surface area contributed by atoms with Gasteiger partial charge in [0.1, 0.15) is 0 Å². The van der Waals surface area contributed by atoms with Crippen molar-refractivity contribution in [3.05, 3.63) is 21.9 Å².